The maximum atomic E-state index is 12.9. The highest BCUT2D eigenvalue weighted by molar-refractivity contribution is 9.10. The fourth-order valence-electron chi connectivity index (χ4n) is 1.52. The number of benzene rings is 1. The fraction of sp³-hybridized carbons (Fsp3) is 0.0909. The van der Waals surface area contributed by atoms with E-state index in [-0.39, 0.29) is 0 Å². The van der Waals surface area contributed by atoms with Crippen LogP contribution in [0.15, 0.2) is 34.9 Å². The van der Waals surface area contributed by atoms with Crippen LogP contribution in [-0.2, 0) is 0 Å². The van der Waals surface area contributed by atoms with E-state index in [1.54, 1.807) is 24.3 Å². The van der Waals surface area contributed by atoms with Crippen LogP contribution in [0.1, 0.15) is 22.5 Å². The lowest BCUT2D eigenvalue weighted by Gasteiger charge is -2.07. The predicted molar refractivity (Wildman–Crippen MR) is 63.2 cm³/mol. The van der Waals surface area contributed by atoms with Gasteiger partial charge in [-0.15, -0.1) is 0 Å². The van der Waals surface area contributed by atoms with E-state index in [0.29, 0.717) is 5.69 Å². The second-order valence-corrected chi connectivity index (χ2v) is 4.35. The van der Waals surface area contributed by atoms with Gasteiger partial charge in [-0.25, -0.2) is 18.3 Å². The van der Waals surface area contributed by atoms with Crippen molar-refractivity contribution in [2.45, 2.75) is 6.43 Å². The molecule has 0 radical (unpaired) electrons. The second-order valence-electron chi connectivity index (χ2n) is 3.44. The molecule has 2 rings (SSSR count). The first-order chi connectivity index (χ1) is 8.50. The Hall–Kier alpha value is -1.76. The summed E-state index contributed by atoms with van der Waals surface area (Å²) in [6, 6.07) is 6.45. The monoisotopic (exact) mass is 316 g/mol. The molecule has 1 N–H and O–H groups in total. The van der Waals surface area contributed by atoms with E-state index >= 15 is 0 Å². The third kappa shape index (κ3) is 2.26. The Kier molecular flexibility index (Phi) is 3.42. The van der Waals surface area contributed by atoms with Gasteiger partial charge in [0, 0.05) is 4.47 Å². The van der Waals surface area contributed by atoms with Gasteiger partial charge >= 0.3 is 5.97 Å². The van der Waals surface area contributed by atoms with Gasteiger partial charge in [-0.2, -0.15) is 5.10 Å². The van der Waals surface area contributed by atoms with Crippen molar-refractivity contribution in [2.24, 2.45) is 0 Å². The number of alkyl halides is 2. The molecule has 18 heavy (non-hydrogen) atoms. The molecule has 0 amide bonds. The highest BCUT2D eigenvalue weighted by Gasteiger charge is 2.24. The zero-order valence-corrected chi connectivity index (χ0v) is 10.4. The van der Waals surface area contributed by atoms with Crippen molar-refractivity contribution >= 4 is 21.9 Å². The number of aromatic carboxylic acids is 1. The summed E-state index contributed by atoms with van der Waals surface area (Å²) in [4.78, 5) is 10.8. The Balaban J connectivity index is 2.57. The summed E-state index contributed by atoms with van der Waals surface area (Å²) in [6.07, 6.45) is -1.99. The molecule has 0 atom stereocenters. The smallest absolute Gasteiger partial charge is 0.339 e. The first kappa shape index (κ1) is 12.7. The molecule has 0 spiro atoms. The van der Waals surface area contributed by atoms with Crippen LogP contribution in [0.25, 0.3) is 5.69 Å². The number of nitrogens with zero attached hydrogens (tertiary/aromatic N) is 2. The van der Waals surface area contributed by atoms with E-state index in [2.05, 4.69) is 21.0 Å². The average Bonchev–Trinajstić information content (AvgIpc) is 2.74. The van der Waals surface area contributed by atoms with Crippen LogP contribution in [0.4, 0.5) is 8.78 Å². The fourth-order valence-corrected chi connectivity index (χ4v) is 1.79. The standard InChI is InChI=1S/C11H7BrF2N2O2/c12-6-1-3-7(4-2-6)16-9(10(13)14)8(5-15-16)11(17)18/h1-5,10H,(H,17,18). The van der Waals surface area contributed by atoms with E-state index in [1.807, 2.05) is 0 Å². The van der Waals surface area contributed by atoms with E-state index in [4.69, 9.17) is 5.11 Å². The normalized spacial score (nSPS) is 10.9. The molecule has 0 fully saturated rings. The highest BCUT2D eigenvalue weighted by Crippen LogP contribution is 2.26. The molecule has 1 aromatic heterocycles. The zero-order valence-electron chi connectivity index (χ0n) is 8.85. The minimum absolute atomic E-state index is 0.376. The number of rotatable bonds is 3. The second kappa shape index (κ2) is 4.85. The number of hydrogen-bond acceptors (Lipinski definition) is 2. The van der Waals surface area contributed by atoms with Gasteiger partial charge in [0.05, 0.1) is 11.9 Å². The number of aromatic nitrogens is 2. The number of carboxylic acid groups (broad SMARTS) is 1. The van der Waals surface area contributed by atoms with E-state index in [1.165, 1.54) is 0 Å². The lowest BCUT2D eigenvalue weighted by Crippen LogP contribution is -2.07. The molecule has 1 aromatic carbocycles. The first-order valence-electron chi connectivity index (χ1n) is 4.86. The average molecular weight is 317 g/mol. The molecule has 0 aliphatic rings. The van der Waals surface area contributed by atoms with Crippen LogP contribution >= 0.6 is 15.9 Å². The van der Waals surface area contributed by atoms with E-state index in [9.17, 15) is 13.6 Å². The molecule has 0 unspecified atom stereocenters. The number of carboxylic acids is 1. The van der Waals surface area contributed by atoms with Crippen LogP contribution in [0.2, 0.25) is 0 Å². The van der Waals surface area contributed by atoms with Gasteiger partial charge in [-0.1, -0.05) is 15.9 Å². The molecule has 0 saturated heterocycles. The number of halogens is 3. The van der Waals surface area contributed by atoms with Crippen molar-refractivity contribution < 1.29 is 18.7 Å². The lowest BCUT2D eigenvalue weighted by molar-refractivity contribution is 0.0683. The first-order valence-corrected chi connectivity index (χ1v) is 5.65. The van der Waals surface area contributed by atoms with Gasteiger partial charge in [0.2, 0.25) is 0 Å². The molecule has 7 heteroatoms. The summed E-state index contributed by atoms with van der Waals surface area (Å²) in [5.74, 6) is -1.42. The molecule has 0 aliphatic carbocycles. The summed E-state index contributed by atoms with van der Waals surface area (Å²) in [6.45, 7) is 0. The molecule has 1 heterocycles. The Labute approximate surface area is 109 Å². The molecule has 94 valence electrons. The molecule has 0 saturated carbocycles. The third-order valence-corrected chi connectivity index (χ3v) is 2.84. The van der Waals surface area contributed by atoms with Crippen LogP contribution in [0.5, 0.6) is 0 Å². The lowest BCUT2D eigenvalue weighted by atomic mass is 10.2. The van der Waals surface area contributed by atoms with Crippen molar-refractivity contribution in [3.8, 4) is 5.69 Å². The van der Waals surface area contributed by atoms with Crippen LogP contribution in [0.3, 0.4) is 0 Å². The summed E-state index contributed by atoms with van der Waals surface area (Å²) in [5, 5.41) is 12.5. The largest absolute Gasteiger partial charge is 0.478 e. The summed E-state index contributed by atoms with van der Waals surface area (Å²) in [5.41, 5.74) is -0.737. The Morgan fingerprint density at radius 1 is 1.33 bits per heavy atom. The molecule has 4 nitrogen and oxygen atoms in total. The zero-order chi connectivity index (χ0) is 13.3. The summed E-state index contributed by atoms with van der Waals surface area (Å²) >= 11 is 3.22. The minimum Gasteiger partial charge on any atom is -0.478 e. The van der Waals surface area contributed by atoms with Crippen LogP contribution < -0.4 is 0 Å². The highest BCUT2D eigenvalue weighted by atomic mass is 79.9. The topological polar surface area (TPSA) is 55.1 Å². The molecule has 0 aliphatic heterocycles. The Morgan fingerprint density at radius 2 is 1.94 bits per heavy atom. The molecular weight excluding hydrogens is 310 g/mol. The number of hydrogen-bond donors (Lipinski definition) is 1. The van der Waals surface area contributed by atoms with Crippen LogP contribution in [0, 0.1) is 0 Å². The van der Waals surface area contributed by atoms with Gasteiger partial charge in [0.15, 0.2) is 0 Å². The Morgan fingerprint density at radius 3 is 2.44 bits per heavy atom. The van der Waals surface area contributed by atoms with Crippen molar-refractivity contribution in [1.29, 1.82) is 0 Å². The van der Waals surface area contributed by atoms with Crippen LogP contribution in [-0.4, -0.2) is 20.9 Å². The van der Waals surface area contributed by atoms with Crippen molar-refractivity contribution in [3.63, 3.8) is 0 Å². The van der Waals surface area contributed by atoms with E-state index < -0.39 is 23.7 Å². The summed E-state index contributed by atoms with van der Waals surface area (Å²) < 4.78 is 27.5. The maximum Gasteiger partial charge on any atom is 0.339 e. The van der Waals surface area contributed by atoms with Crippen molar-refractivity contribution in [2.75, 3.05) is 0 Å². The predicted octanol–water partition coefficient (Wildman–Crippen LogP) is 3.27. The Bertz CT molecular complexity index is 581. The van der Waals surface area contributed by atoms with Crippen molar-refractivity contribution in [1.82, 2.24) is 9.78 Å². The summed E-state index contributed by atoms with van der Waals surface area (Å²) in [7, 11) is 0. The third-order valence-electron chi connectivity index (χ3n) is 2.31. The maximum absolute atomic E-state index is 12.9. The SMILES string of the molecule is O=C(O)c1cnn(-c2ccc(Br)cc2)c1C(F)F. The molecular formula is C11H7BrF2N2O2. The van der Waals surface area contributed by atoms with Gasteiger partial charge in [-0.3, -0.25) is 0 Å². The molecule has 2 aromatic rings. The van der Waals surface area contributed by atoms with E-state index in [0.717, 1.165) is 15.4 Å². The van der Waals surface area contributed by atoms with Gasteiger partial charge in [-0.05, 0) is 24.3 Å². The van der Waals surface area contributed by atoms with Gasteiger partial charge in [0.1, 0.15) is 11.3 Å². The number of carbonyl (C=O) groups is 1. The van der Waals surface area contributed by atoms with Gasteiger partial charge < -0.3 is 5.11 Å². The quantitative estimate of drug-likeness (QED) is 0.945. The van der Waals surface area contributed by atoms with Gasteiger partial charge in [0.25, 0.3) is 6.43 Å². The molecule has 0 bridgehead atoms. The minimum atomic E-state index is -2.91. The van der Waals surface area contributed by atoms with Crippen molar-refractivity contribution in [3.05, 3.63) is 46.2 Å².